The van der Waals surface area contributed by atoms with E-state index in [4.69, 9.17) is 0 Å². The standard InChI is InChI=1S/C19H17N5/c20-8-18(9-21)5-12-1-2-13-6-24-7-14-3-4-15(17(12)16(13)14)19(18,10-22)11-23/h3,13,15-16,24H,1-2,4-7H2/t13-,15+,16+/m1/s1. The van der Waals surface area contributed by atoms with Crippen LogP contribution in [0.1, 0.15) is 25.7 Å². The van der Waals surface area contributed by atoms with E-state index in [1.165, 1.54) is 11.1 Å². The number of nitriles is 4. The first-order chi connectivity index (χ1) is 11.7. The third kappa shape index (κ3) is 1.54. The average molecular weight is 315 g/mol. The third-order valence-electron chi connectivity index (χ3n) is 6.57. The average Bonchev–Trinajstić information content (AvgIpc) is 2.65. The van der Waals surface area contributed by atoms with Gasteiger partial charge in [-0.1, -0.05) is 22.8 Å². The molecule has 1 fully saturated rings. The van der Waals surface area contributed by atoms with Crippen LogP contribution in [-0.4, -0.2) is 13.1 Å². The van der Waals surface area contributed by atoms with E-state index in [-0.39, 0.29) is 12.3 Å². The quantitative estimate of drug-likeness (QED) is 0.690. The second-order valence-corrected chi connectivity index (χ2v) is 7.37. The predicted octanol–water partition coefficient (Wildman–Crippen LogP) is 2.33. The van der Waals surface area contributed by atoms with Gasteiger partial charge in [0.1, 0.15) is 0 Å². The van der Waals surface area contributed by atoms with E-state index in [2.05, 4.69) is 35.7 Å². The first-order valence-corrected chi connectivity index (χ1v) is 8.43. The van der Waals surface area contributed by atoms with Gasteiger partial charge in [-0.05, 0) is 31.7 Å². The van der Waals surface area contributed by atoms with Gasteiger partial charge in [-0.2, -0.15) is 21.0 Å². The first kappa shape index (κ1) is 15.0. The van der Waals surface area contributed by atoms with Crippen molar-refractivity contribution >= 4 is 0 Å². The Morgan fingerprint density at radius 1 is 1.08 bits per heavy atom. The van der Waals surface area contributed by atoms with E-state index >= 15 is 0 Å². The molecule has 1 N–H and O–H groups in total. The van der Waals surface area contributed by atoms with E-state index in [1.807, 2.05) is 0 Å². The van der Waals surface area contributed by atoms with Crippen LogP contribution in [-0.2, 0) is 0 Å². The summed E-state index contributed by atoms with van der Waals surface area (Å²) < 4.78 is 0. The maximum atomic E-state index is 9.91. The van der Waals surface area contributed by atoms with Crippen molar-refractivity contribution in [2.24, 2.45) is 28.6 Å². The van der Waals surface area contributed by atoms with Crippen molar-refractivity contribution in [1.29, 1.82) is 21.0 Å². The van der Waals surface area contributed by atoms with E-state index in [0.29, 0.717) is 18.3 Å². The van der Waals surface area contributed by atoms with Crippen LogP contribution in [0.5, 0.6) is 0 Å². The van der Waals surface area contributed by atoms with Crippen molar-refractivity contribution in [2.75, 3.05) is 13.1 Å². The summed E-state index contributed by atoms with van der Waals surface area (Å²) in [4.78, 5) is 0. The Morgan fingerprint density at radius 2 is 1.83 bits per heavy atom. The summed E-state index contributed by atoms with van der Waals surface area (Å²) in [6.07, 6.45) is 4.89. The van der Waals surface area contributed by atoms with Gasteiger partial charge in [0.2, 0.25) is 0 Å². The Balaban J connectivity index is 1.98. The lowest BCUT2D eigenvalue weighted by molar-refractivity contribution is 0.147. The number of hydrogen-bond donors (Lipinski definition) is 1. The minimum absolute atomic E-state index is 0.247. The Hall–Kier alpha value is -2.60. The molecule has 0 amide bonds. The van der Waals surface area contributed by atoms with Gasteiger partial charge < -0.3 is 5.32 Å². The summed E-state index contributed by atoms with van der Waals surface area (Å²) in [6, 6.07) is 8.40. The summed E-state index contributed by atoms with van der Waals surface area (Å²) in [7, 11) is 0. The molecule has 0 aromatic heterocycles. The monoisotopic (exact) mass is 315 g/mol. The molecule has 4 aliphatic rings. The fraction of sp³-hybridized carbons (Fsp3) is 0.579. The molecule has 0 aromatic carbocycles. The van der Waals surface area contributed by atoms with Crippen molar-refractivity contribution in [2.45, 2.75) is 25.7 Å². The molecule has 1 heterocycles. The summed E-state index contributed by atoms with van der Waals surface area (Å²) in [5.74, 6) is 0.466. The molecule has 0 bridgehead atoms. The summed E-state index contributed by atoms with van der Waals surface area (Å²) >= 11 is 0. The molecule has 4 rings (SSSR count). The molecule has 5 nitrogen and oxygen atoms in total. The lowest BCUT2D eigenvalue weighted by atomic mass is 9.46. The lowest BCUT2D eigenvalue weighted by Gasteiger charge is -2.53. The van der Waals surface area contributed by atoms with Crippen LogP contribution in [0.15, 0.2) is 22.8 Å². The molecule has 0 spiro atoms. The summed E-state index contributed by atoms with van der Waals surface area (Å²) in [6.45, 7) is 1.82. The second kappa shape index (κ2) is 4.95. The highest BCUT2D eigenvalue weighted by Gasteiger charge is 2.65. The van der Waals surface area contributed by atoms with Crippen molar-refractivity contribution in [3.05, 3.63) is 22.8 Å². The molecule has 3 aliphatic carbocycles. The number of allylic oxidation sites excluding steroid dienone is 3. The summed E-state index contributed by atoms with van der Waals surface area (Å²) in [5.41, 5.74) is 0.600. The molecule has 0 saturated carbocycles. The molecular formula is C19H17N5. The zero-order chi connectivity index (χ0) is 16.9. The smallest absolute Gasteiger partial charge is 0.182 e. The second-order valence-electron chi connectivity index (χ2n) is 7.37. The zero-order valence-electron chi connectivity index (χ0n) is 13.3. The molecule has 0 radical (unpaired) electrons. The van der Waals surface area contributed by atoms with Crippen LogP contribution in [0, 0.1) is 73.9 Å². The Labute approximate surface area is 141 Å². The molecule has 3 atom stereocenters. The predicted molar refractivity (Wildman–Crippen MR) is 84.2 cm³/mol. The highest BCUT2D eigenvalue weighted by molar-refractivity contribution is 5.51. The lowest BCUT2D eigenvalue weighted by Crippen LogP contribution is -2.54. The maximum Gasteiger partial charge on any atom is 0.182 e. The largest absolute Gasteiger partial charge is 0.313 e. The van der Waals surface area contributed by atoms with Crippen LogP contribution >= 0.6 is 0 Å². The van der Waals surface area contributed by atoms with Gasteiger partial charge in [0.25, 0.3) is 0 Å². The molecule has 0 unspecified atom stereocenters. The van der Waals surface area contributed by atoms with Gasteiger partial charge in [0.05, 0.1) is 24.3 Å². The molecule has 0 aromatic rings. The number of nitrogens with zero attached hydrogens (tertiary/aromatic N) is 4. The van der Waals surface area contributed by atoms with E-state index < -0.39 is 10.8 Å². The maximum absolute atomic E-state index is 9.91. The number of nitrogens with one attached hydrogen (secondary N) is 1. The Kier molecular flexibility index (Phi) is 3.08. The number of rotatable bonds is 0. The van der Waals surface area contributed by atoms with Crippen LogP contribution in [0.2, 0.25) is 0 Å². The highest BCUT2D eigenvalue weighted by atomic mass is 14.9. The van der Waals surface area contributed by atoms with Crippen LogP contribution in [0.4, 0.5) is 0 Å². The fourth-order valence-corrected chi connectivity index (χ4v) is 5.45. The molecular weight excluding hydrogens is 298 g/mol. The fourth-order valence-electron chi connectivity index (χ4n) is 5.45. The van der Waals surface area contributed by atoms with E-state index in [9.17, 15) is 21.0 Å². The van der Waals surface area contributed by atoms with Crippen LogP contribution in [0.25, 0.3) is 0 Å². The van der Waals surface area contributed by atoms with Crippen LogP contribution in [0.3, 0.4) is 0 Å². The van der Waals surface area contributed by atoms with E-state index in [1.54, 1.807) is 0 Å². The van der Waals surface area contributed by atoms with Crippen LogP contribution < -0.4 is 5.32 Å². The minimum Gasteiger partial charge on any atom is -0.313 e. The molecule has 118 valence electrons. The first-order valence-electron chi connectivity index (χ1n) is 8.43. The van der Waals surface area contributed by atoms with Crippen molar-refractivity contribution in [3.8, 4) is 24.3 Å². The number of hydrogen-bond acceptors (Lipinski definition) is 5. The van der Waals surface area contributed by atoms with Crippen molar-refractivity contribution < 1.29 is 0 Å². The molecule has 24 heavy (non-hydrogen) atoms. The number of piperidine rings is 1. The van der Waals surface area contributed by atoms with Gasteiger partial charge >= 0.3 is 0 Å². The van der Waals surface area contributed by atoms with E-state index in [0.717, 1.165) is 31.5 Å². The van der Waals surface area contributed by atoms with Gasteiger partial charge in [-0.3, -0.25) is 0 Å². The topological polar surface area (TPSA) is 107 Å². The van der Waals surface area contributed by atoms with Gasteiger partial charge in [0.15, 0.2) is 10.8 Å². The van der Waals surface area contributed by atoms with Crippen molar-refractivity contribution in [1.82, 2.24) is 5.32 Å². The Bertz CT molecular complexity index is 807. The zero-order valence-corrected chi connectivity index (χ0v) is 13.3. The van der Waals surface area contributed by atoms with Gasteiger partial charge in [-0.25, -0.2) is 0 Å². The van der Waals surface area contributed by atoms with Gasteiger partial charge in [-0.15, -0.1) is 0 Å². The molecule has 5 heteroatoms. The van der Waals surface area contributed by atoms with Crippen molar-refractivity contribution in [3.63, 3.8) is 0 Å². The minimum atomic E-state index is -1.58. The third-order valence-corrected chi connectivity index (χ3v) is 6.57. The van der Waals surface area contributed by atoms with Gasteiger partial charge in [0, 0.05) is 24.8 Å². The summed E-state index contributed by atoms with van der Waals surface area (Å²) in [5, 5.41) is 42.8. The Morgan fingerprint density at radius 3 is 2.50 bits per heavy atom. The highest BCUT2D eigenvalue weighted by Crippen LogP contribution is 2.62. The molecule has 1 saturated heterocycles. The normalized spacial score (nSPS) is 34.5. The molecule has 1 aliphatic heterocycles. The SMILES string of the molecule is N#CC1(C#N)CC2=C3[C@@H]4C(=CC[C@@H]3C1(C#N)C#N)CNC[C@H]4CC2.